The van der Waals surface area contributed by atoms with Crippen molar-refractivity contribution in [1.29, 1.82) is 0 Å². The summed E-state index contributed by atoms with van der Waals surface area (Å²) in [7, 11) is 0. The SMILES string of the molecule is CCC(CC)(CNC(=O)C(NC(=O)Cc1ccccc1)C(C)C)C(=O)O. The lowest BCUT2D eigenvalue weighted by Gasteiger charge is -2.29. The smallest absolute Gasteiger partial charge is 0.311 e. The monoisotopic (exact) mass is 362 g/mol. The van der Waals surface area contributed by atoms with Crippen molar-refractivity contribution in [3.63, 3.8) is 0 Å². The first-order valence-corrected chi connectivity index (χ1v) is 9.10. The zero-order valence-electron chi connectivity index (χ0n) is 16.0. The van der Waals surface area contributed by atoms with Crippen LogP contribution in [0.2, 0.25) is 0 Å². The van der Waals surface area contributed by atoms with E-state index in [0.29, 0.717) is 12.8 Å². The molecule has 1 aromatic rings. The molecule has 1 atom stereocenters. The third-order valence-corrected chi connectivity index (χ3v) is 4.88. The lowest BCUT2D eigenvalue weighted by molar-refractivity contribution is -0.149. The number of carbonyl (C=O) groups excluding carboxylic acids is 2. The Kier molecular flexibility index (Phi) is 8.29. The third kappa shape index (κ3) is 5.86. The van der Waals surface area contributed by atoms with Crippen molar-refractivity contribution >= 4 is 17.8 Å². The molecule has 0 saturated carbocycles. The van der Waals surface area contributed by atoms with Crippen LogP contribution in [-0.2, 0) is 20.8 Å². The van der Waals surface area contributed by atoms with E-state index in [4.69, 9.17) is 0 Å². The Morgan fingerprint density at radius 3 is 2.12 bits per heavy atom. The van der Waals surface area contributed by atoms with Gasteiger partial charge in [0.25, 0.3) is 0 Å². The highest BCUT2D eigenvalue weighted by Gasteiger charge is 2.36. The van der Waals surface area contributed by atoms with Crippen LogP contribution in [0.5, 0.6) is 0 Å². The van der Waals surface area contributed by atoms with Gasteiger partial charge in [-0.25, -0.2) is 0 Å². The second-order valence-corrected chi connectivity index (χ2v) is 6.96. The van der Waals surface area contributed by atoms with Gasteiger partial charge in [-0.3, -0.25) is 14.4 Å². The van der Waals surface area contributed by atoms with Crippen LogP contribution in [-0.4, -0.2) is 35.5 Å². The number of aliphatic carboxylic acids is 1. The fourth-order valence-electron chi connectivity index (χ4n) is 2.79. The highest BCUT2D eigenvalue weighted by molar-refractivity contribution is 5.89. The molecule has 144 valence electrons. The summed E-state index contributed by atoms with van der Waals surface area (Å²) in [4.78, 5) is 36.4. The van der Waals surface area contributed by atoms with E-state index in [9.17, 15) is 19.5 Å². The van der Waals surface area contributed by atoms with Gasteiger partial charge in [-0.1, -0.05) is 58.0 Å². The third-order valence-electron chi connectivity index (χ3n) is 4.88. The van der Waals surface area contributed by atoms with Gasteiger partial charge in [0.2, 0.25) is 11.8 Å². The summed E-state index contributed by atoms with van der Waals surface area (Å²) in [5.41, 5.74) is -0.111. The van der Waals surface area contributed by atoms with Crippen LogP contribution in [0.4, 0.5) is 0 Å². The highest BCUT2D eigenvalue weighted by atomic mass is 16.4. The number of rotatable bonds is 10. The number of carboxylic acid groups (broad SMARTS) is 1. The highest BCUT2D eigenvalue weighted by Crippen LogP contribution is 2.25. The normalized spacial score (nSPS) is 12.5. The van der Waals surface area contributed by atoms with Crippen molar-refractivity contribution < 1.29 is 19.5 Å². The van der Waals surface area contributed by atoms with E-state index in [1.165, 1.54) is 0 Å². The van der Waals surface area contributed by atoms with Gasteiger partial charge in [0.15, 0.2) is 0 Å². The molecule has 6 nitrogen and oxygen atoms in total. The fraction of sp³-hybridized carbons (Fsp3) is 0.550. The van der Waals surface area contributed by atoms with Crippen molar-refractivity contribution in [3.05, 3.63) is 35.9 Å². The van der Waals surface area contributed by atoms with Gasteiger partial charge in [0.1, 0.15) is 6.04 Å². The molecule has 1 unspecified atom stereocenters. The molecular formula is C20H30N2O4. The number of carboxylic acids is 1. The molecule has 6 heteroatoms. The van der Waals surface area contributed by atoms with E-state index in [-0.39, 0.29) is 30.7 Å². The molecule has 0 radical (unpaired) electrons. The first-order valence-electron chi connectivity index (χ1n) is 9.10. The molecule has 0 bridgehead atoms. The first kappa shape index (κ1) is 21.7. The predicted molar refractivity (Wildman–Crippen MR) is 101 cm³/mol. The molecule has 0 spiro atoms. The lowest BCUT2D eigenvalue weighted by Crippen LogP contribution is -2.53. The predicted octanol–water partition coefficient (Wildman–Crippen LogP) is 2.38. The Morgan fingerprint density at radius 2 is 1.65 bits per heavy atom. The van der Waals surface area contributed by atoms with Crippen LogP contribution in [0.1, 0.15) is 46.1 Å². The van der Waals surface area contributed by atoms with E-state index in [1.54, 1.807) is 13.8 Å². The summed E-state index contributed by atoms with van der Waals surface area (Å²) in [6, 6.07) is 8.60. The molecule has 0 aromatic heterocycles. The average molecular weight is 362 g/mol. The van der Waals surface area contributed by atoms with Gasteiger partial charge >= 0.3 is 5.97 Å². The van der Waals surface area contributed by atoms with E-state index in [2.05, 4.69) is 10.6 Å². The Hall–Kier alpha value is -2.37. The largest absolute Gasteiger partial charge is 0.481 e. The molecule has 26 heavy (non-hydrogen) atoms. The van der Waals surface area contributed by atoms with Gasteiger partial charge in [-0.05, 0) is 24.3 Å². The van der Waals surface area contributed by atoms with E-state index >= 15 is 0 Å². The Bertz CT molecular complexity index is 609. The molecule has 1 aromatic carbocycles. The van der Waals surface area contributed by atoms with Crippen LogP contribution in [0.25, 0.3) is 0 Å². The molecule has 0 heterocycles. The topological polar surface area (TPSA) is 95.5 Å². The standard InChI is InChI=1S/C20H30N2O4/c1-5-20(6-2,19(25)26)13-21-18(24)17(14(3)4)22-16(23)12-15-10-8-7-9-11-15/h7-11,14,17H,5-6,12-13H2,1-4H3,(H,21,24)(H,22,23)(H,25,26). The molecule has 0 fully saturated rings. The van der Waals surface area contributed by atoms with Gasteiger partial charge in [-0.2, -0.15) is 0 Å². The second-order valence-electron chi connectivity index (χ2n) is 6.96. The van der Waals surface area contributed by atoms with Crippen molar-refractivity contribution in [3.8, 4) is 0 Å². The number of carbonyl (C=O) groups is 3. The summed E-state index contributed by atoms with van der Waals surface area (Å²) in [6.07, 6.45) is 1.04. The van der Waals surface area contributed by atoms with Crippen LogP contribution in [0.3, 0.4) is 0 Å². The van der Waals surface area contributed by atoms with Crippen molar-refractivity contribution in [2.45, 2.75) is 53.0 Å². The zero-order valence-corrected chi connectivity index (χ0v) is 16.0. The number of amides is 2. The maximum Gasteiger partial charge on any atom is 0.311 e. The van der Waals surface area contributed by atoms with Crippen LogP contribution >= 0.6 is 0 Å². The van der Waals surface area contributed by atoms with Crippen molar-refractivity contribution in [1.82, 2.24) is 10.6 Å². The molecule has 0 aliphatic heterocycles. The second kappa shape index (κ2) is 9.94. The summed E-state index contributed by atoms with van der Waals surface area (Å²) < 4.78 is 0. The van der Waals surface area contributed by atoms with E-state index in [0.717, 1.165) is 5.56 Å². The van der Waals surface area contributed by atoms with Gasteiger partial charge < -0.3 is 15.7 Å². The molecule has 0 aliphatic carbocycles. The minimum absolute atomic E-state index is 0.0476. The Morgan fingerprint density at radius 1 is 1.08 bits per heavy atom. The Labute approximate surface area is 155 Å². The minimum Gasteiger partial charge on any atom is -0.481 e. The van der Waals surface area contributed by atoms with Crippen molar-refractivity contribution in [2.24, 2.45) is 11.3 Å². The van der Waals surface area contributed by atoms with Gasteiger partial charge in [0, 0.05) is 6.54 Å². The maximum absolute atomic E-state index is 12.6. The fourth-order valence-corrected chi connectivity index (χ4v) is 2.79. The summed E-state index contributed by atoms with van der Waals surface area (Å²) in [5.74, 6) is -1.62. The average Bonchev–Trinajstić information content (AvgIpc) is 2.61. The molecule has 0 saturated heterocycles. The number of benzene rings is 1. The zero-order chi connectivity index (χ0) is 19.7. The maximum atomic E-state index is 12.6. The first-order chi connectivity index (χ1) is 12.3. The van der Waals surface area contributed by atoms with Crippen molar-refractivity contribution in [2.75, 3.05) is 6.54 Å². The Balaban J connectivity index is 2.72. The van der Waals surface area contributed by atoms with E-state index in [1.807, 2.05) is 44.2 Å². The number of nitrogens with one attached hydrogen (secondary N) is 2. The molecule has 2 amide bonds. The summed E-state index contributed by atoms with van der Waals surface area (Å²) >= 11 is 0. The van der Waals surface area contributed by atoms with Crippen LogP contribution in [0.15, 0.2) is 30.3 Å². The van der Waals surface area contributed by atoms with Gasteiger partial charge in [0.05, 0.1) is 11.8 Å². The summed E-state index contributed by atoms with van der Waals surface area (Å²) in [6.45, 7) is 7.33. The van der Waals surface area contributed by atoms with Crippen LogP contribution in [0, 0.1) is 11.3 Å². The quantitative estimate of drug-likeness (QED) is 0.595. The van der Waals surface area contributed by atoms with Crippen LogP contribution < -0.4 is 10.6 Å². The lowest BCUT2D eigenvalue weighted by atomic mass is 9.82. The molecule has 3 N–H and O–H groups in total. The number of hydrogen-bond donors (Lipinski definition) is 3. The molecule has 0 aliphatic rings. The minimum atomic E-state index is -0.981. The van der Waals surface area contributed by atoms with Gasteiger partial charge in [-0.15, -0.1) is 0 Å². The number of hydrogen-bond acceptors (Lipinski definition) is 3. The molecule has 1 rings (SSSR count). The van der Waals surface area contributed by atoms with E-state index < -0.39 is 17.4 Å². The summed E-state index contributed by atoms with van der Waals surface area (Å²) in [5, 5.41) is 15.0. The molecular weight excluding hydrogens is 332 g/mol.